The molecular weight excluding hydrogens is 306 g/mol. The standard InChI is InChI=1S/C15H20BrNO2/c1-10-13(4-3-5-14(10)16)15(19)17-8-6-12(7-9-17)11(2)18/h3-5,11-12,18H,6-9H2,1-2H3. The summed E-state index contributed by atoms with van der Waals surface area (Å²) < 4.78 is 0.970. The van der Waals surface area contributed by atoms with Crippen LogP contribution in [-0.2, 0) is 0 Å². The Balaban J connectivity index is 2.07. The molecule has 1 atom stereocenters. The summed E-state index contributed by atoms with van der Waals surface area (Å²) in [6.07, 6.45) is 1.50. The number of halogens is 1. The number of carbonyl (C=O) groups excluding carboxylic acids is 1. The second-order valence-corrected chi connectivity index (χ2v) is 6.14. The lowest BCUT2D eigenvalue weighted by Crippen LogP contribution is -2.41. The van der Waals surface area contributed by atoms with Gasteiger partial charge in [0.05, 0.1) is 6.10 Å². The summed E-state index contributed by atoms with van der Waals surface area (Å²) in [7, 11) is 0. The topological polar surface area (TPSA) is 40.5 Å². The highest BCUT2D eigenvalue weighted by Crippen LogP contribution is 2.25. The maximum atomic E-state index is 12.5. The number of aliphatic hydroxyl groups is 1. The Morgan fingerprint density at radius 2 is 2.05 bits per heavy atom. The van der Waals surface area contributed by atoms with Gasteiger partial charge in [-0.2, -0.15) is 0 Å². The van der Waals surface area contributed by atoms with Crippen LogP contribution in [0.2, 0.25) is 0 Å². The first-order chi connectivity index (χ1) is 9.00. The minimum absolute atomic E-state index is 0.0999. The van der Waals surface area contributed by atoms with E-state index in [9.17, 15) is 9.90 Å². The molecule has 1 heterocycles. The average Bonchev–Trinajstić information content (AvgIpc) is 2.41. The number of carbonyl (C=O) groups is 1. The maximum Gasteiger partial charge on any atom is 0.254 e. The molecule has 0 spiro atoms. The fraction of sp³-hybridized carbons (Fsp3) is 0.533. The summed E-state index contributed by atoms with van der Waals surface area (Å²) in [5, 5.41) is 9.59. The van der Waals surface area contributed by atoms with Gasteiger partial charge in [0, 0.05) is 23.1 Å². The zero-order valence-corrected chi connectivity index (χ0v) is 13.0. The predicted molar refractivity (Wildman–Crippen MR) is 79.2 cm³/mol. The Labute approximate surface area is 122 Å². The Kier molecular flexibility index (Phi) is 4.63. The van der Waals surface area contributed by atoms with Crippen molar-refractivity contribution in [2.24, 2.45) is 5.92 Å². The van der Waals surface area contributed by atoms with Gasteiger partial charge in [0.25, 0.3) is 5.91 Å². The fourth-order valence-corrected chi connectivity index (χ4v) is 2.96. The predicted octanol–water partition coefficient (Wildman–Crippen LogP) is 2.99. The number of nitrogens with zero attached hydrogens (tertiary/aromatic N) is 1. The molecular formula is C15H20BrNO2. The summed E-state index contributed by atoms with van der Waals surface area (Å²) in [5.41, 5.74) is 1.76. The highest BCUT2D eigenvalue weighted by atomic mass is 79.9. The first-order valence-corrected chi connectivity index (χ1v) is 7.52. The maximum absolute atomic E-state index is 12.5. The lowest BCUT2D eigenvalue weighted by atomic mass is 9.91. The number of amides is 1. The van der Waals surface area contributed by atoms with Crippen LogP contribution in [0.4, 0.5) is 0 Å². The van der Waals surface area contributed by atoms with Crippen LogP contribution in [0.25, 0.3) is 0 Å². The van der Waals surface area contributed by atoms with Crippen LogP contribution in [0, 0.1) is 12.8 Å². The van der Waals surface area contributed by atoms with Crippen LogP contribution in [0.5, 0.6) is 0 Å². The molecule has 1 aliphatic heterocycles. The molecule has 0 bridgehead atoms. The van der Waals surface area contributed by atoms with E-state index >= 15 is 0 Å². The number of aliphatic hydroxyl groups excluding tert-OH is 1. The molecule has 3 nitrogen and oxygen atoms in total. The third-order valence-corrected chi connectivity index (χ3v) is 4.87. The minimum atomic E-state index is -0.273. The quantitative estimate of drug-likeness (QED) is 0.908. The van der Waals surface area contributed by atoms with Gasteiger partial charge in [-0.3, -0.25) is 4.79 Å². The van der Waals surface area contributed by atoms with Crippen molar-refractivity contribution in [3.05, 3.63) is 33.8 Å². The molecule has 1 N–H and O–H groups in total. The van der Waals surface area contributed by atoms with Crippen LogP contribution in [0.15, 0.2) is 22.7 Å². The Hall–Kier alpha value is -0.870. The third kappa shape index (κ3) is 3.18. The van der Waals surface area contributed by atoms with Crippen molar-refractivity contribution in [3.8, 4) is 0 Å². The van der Waals surface area contributed by atoms with Gasteiger partial charge in [-0.1, -0.05) is 22.0 Å². The van der Waals surface area contributed by atoms with Gasteiger partial charge in [0.15, 0.2) is 0 Å². The molecule has 104 valence electrons. The largest absolute Gasteiger partial charge is 0.393 e. The van der Waals surface area contributed by atoms with Gasteiger partial charge in [-0.05, 0) is 50.3 Å². The number of piperidine rings is 1. The van der Waals surface area contributed by atoms with E-state index in [0.717, 1.165) is 41.5 Å². The van der Waals surface area contributed by atoms with E-state index in [1.165, 1.54) is 0 Å². The summed E-state index contributed by atoms with van der Waals surface area (Å²) in [4.78, 5) is 14.4. The van der Waals surface area contributed by atoms with Crippen molar-refractivity contribution in [1.82, 2.24) is 4.90 Å². The number of hydrogen-bond donors (Lipinski definition) is 1. The van der Waals surface area contributed by atoms with Gasteiger partial charge in [-0.15, -0.1) is 0 Å². The molecule has 1 unspecified atom stereocenters. The second-order valence-electron chi connectivity index (χ2n) is 5.28. The van der Waals surface area contributed by atoms with Gasteiger partial charge in [-0.25, -0.2) is 0 Å². The smallest absolute Gasteiger partial charge is 0.254 e. The van der Waals surface area contributed by atoms with Crippen molar-refractivity contribution in [2.75, 3.05) is 13.1 Å². The molecule has 1 fully saturated rings. The molecule has 1 amide bonds. The van der Waals surface area contributed by atoms with Gasteiger partial charge < -0.3 is 10.0 Å². The summed E-state index contributed by atoms with van der Waals surface area (Å²) in [6.45, 7) is 5.27. The van der Waals surface area contributed by atoms with Crippen molar-refractivity contribution >= 4 is 21.8 Å². The summed E-state index contributed by atoms with van der Waals surface area (Å²) in [6, 6.07) is 5.72. The van der Waals surface area contributed by atoms with Crippen molar-refractivity contribution in [2.45, 2.75) is 32.8 Å². The molecule has 0 radical (unpaired) electrons. The monoisotopic (exact) mass is 325 g/mol. The lowest BCUT2D eigenvalue weighted by Gasteiger charge is -2.33. The lowest BCUT2D eigenvalue weighted by molar-refractivity contribution is 0.0521. The molecule has 2 rings (SSSR count). The molecule has 0 aromatic heterocycles. The van der Waals surface area contributed by atoms with E-state index in [-0.39, 0.29) is 12.0 Å². The van der Waals surface area contributed by atoms with Crippen molar-refractivity contribution in [3.63, 3.8) is 0 Å². The van der Waals surface area contributed by atoms with E-state index in [1.807, 2.05) is 36.9 Å². The first kappa shape index (κ1) is 14.5. The van der Waals surface area contributed by atoms with E-state index < -0.39 is 0 Å². The molecule has 0 saturated carbocycles. The SMILES string of the molecule is Cc1c(Br)cccc1C(=O)N1CCC(C(C)O)CC1. The highest BCUT2D eigenvalue weighted by Gasteiger charge is 2.26. The minimum Gasteiger partial charge on any atom is -0.393 e. The third-order valence-electron chi connectivity index (χ3n) is 4.01. The van der Waals surface area contributed by atoms with E-state index in [4.69, 9.17) is 0 Å². The number of benzene rings is 1. The number of likely N-dealkylation sites (tertiary alicyclic amines) is 1. The molecule has 1 aromatic rings. The molecule has 19 heavy (non-hydrogen) atoms. The first-order valence-electron chi connectivity index (χ1n) is 6.73. The second kappa shape index (κ2) is 6.06. The highest BCUT2D eigenvalue weighted by molar-refractivity contribution is 9.10. The molecule has 1 aliphatic rings. The average molecular weight is 326 g/mol. The molecule has 4 heteroatoms. The van der Waals surface area contributed by atoms with E-state index in [0.29, 0.717) is 5.92 Å². The number of hydrogen-bond acceptors (Lipinski definition) is 2. The number of rotatable bonds is 2. The van der Waals surface area contributed by atoms with Crippen molar-refractivity contribution < 1.29 is 9.90 Å². The Morgan fingerprint density at radius 1 is 1.42 bits per heavy atom. The summed E-state index contributed by atoms with van der Waals surface area (Å²) >= 11 is 3.46. The van der Waals surface area contributed by atoms with Gasteiger partial charge in [0.2, 0.25) is 0 Å². The van der Waals surface area contributed by atoms with E-state index in [2.05, 4.69) is 15.9 Å². The Bertz CT molecular complexity index is 465. The van der Waals surface area contributed by atoms with Crippen LogP contribution in [0.1, 0.15) is 35.7 Å². The molecule has 1 aromatic carbocycles. The van der Waals surface area contributed by atoms with Gasteiger partial charge >= 0.3 is 0 Å². The van der Waals surface area contributed by atoms with Crippen molar-refractivity contribution in [1.29, 1.82) is 0 Å². The normalized spacial score (nSPS) is 18.4. The zero-order valence-electron chi connectivity index (χ0n) is 11.4. The van der Waals surface area contributed by atoms with Gasteiger partial charge in [0.1, 0.15) is 0 Å². The van der Waals surface area contributed by atoms with Crippen LogP contribution < -0.4 is 0 Å². The summed E-state index contributed by atoms with van der Waals surface area (Å²) in [5.74, 6) is 0.426. The molecule has 1 saturated heterocycles. The van der Waals surface area contributed by atoms with E-state index in [1.54, 1.807) is 0 Å². The fourth-order valence-electron chi connectivity index (χ4n) is 2.59. The van der Waals surface area contributed by atoms with Crippen LogP contribution >= 0.6 is 15.9 Å². The van der Waals surface area contributed by atoms with Crippen LogP contribution in [0.3, 0.4) is 0 Å². The molecule has 0 aliphatic carbocycles. The van der Waals surface area contributed by atoms with Crippen LogP contribution in [-0.4, -0.2) is 35.1 Å². The zero-order chi connectivity index (χ0) is 14.0. The Morgan fingerprint density at radius 3 is 2.63 bits per heavy atom.